The SMILES string of the molecule is C[C@H](NC(=O)c1ccc(Cl)cc1)c1ccco1. The Bertz CT molecular complexity index is 491. The average molecular weight is 250 g/mol. The van der Waals surface area contributed by atoms with Gasteiger partial charge < -0.3 is 9.73 Å². The summed E-state index contributed by atoms with van der Waals surface area (Å²) in [5, 5.41) is 3.45. The van der Waals surface area contributed by atoms with E-state index in [9.17, 15) is 4.79 Å². The van der Waals surface area contributed by atoms with Crippen LogP contribution in [0.5, 0.6) is 0 Å². The van der Waals surface area contributed by atoms with Gasteiger partial charge in [0.05, 0.1) is 12.3 Å². The zero-order valence-corrected chi connectivity index (χ0v) is 10.1. The molecule has 0 spiro atoms. The Morgan fingerprint density at radius 2 is 2.00 bits per heavy atom. The third-order valence-electron chi connectivity index (χ3n) is 2.42. The average Bonchev–Trinajstić information content (AvgIpc) is 2.83. The molecule has 88 valence electrons. The fraction of sp³-hybridized carbons (Fsp3) is 0.154. The molecule has 1 aromatic heterocycles. The highest BCUT2D eigenvalue weighted by Crippen LogP contribution is 2.14. The molecule has 17 heavy (non-hydrogen) atoms. The zero-order valence-electron chi connectivity index (χ0n) is 9.31. The molecule has 1 aromatic carbocycles. The Balaban J connectivity index is 2.04. The molecule has 1 amide bonds. The van der Waals surface area contributed by atoms with Crippen molar-refractivity contribution in [2.24, 2.45) is 0 Å². The van der Waals surface area contributed by atoms with Gasteiger partial charge in [-0.25, -0.2) is 0 Å². The molecule has 0 saturated carbocycles. The number of benzene rings is 1. The van der Waals surface area contributed by atoms with Gasteiger partial charge in [0.15, 0.2) is 0 Å². The molecule has 0 aliphatic carbocycles. The van der Waals surface area contributed by atoms with Gasteiger partial charge in [-0.3, -0.25) is 4.79 Å². The molecule has 0 unspecified atom stereocenters. The number of rotatable bonds is 3. The molecule has 0 saturated heterocycles. The Hall–Kier alpha value is -1.74. The van der Waals surface area contributed by atoms with Gasteiger partial charge in [-0.05, 0) is 43.3 Å². The van der Waals surface area contributed by atoms with E-state index in [4.69, 9.17) is 16.0 Å². The van der Waals surface area contributed by atoms with Gasteiger partial charge in [-0.2, -0.15) is 0 Å². The number of halogens is 1. The molecule has 0 bridgehead atoms. The van der Waals surface area contributed by atoms with Crippen molar-refractivity contribution in [3.63, 3.8) is 0 Å². The quantitative estimate of drug-likeness (QED) is 0.906. The van der Waals surface area contributed by atoms with E-state index >= 15 is 0 Å². The molecular formula is C13H12ClNO2. The summed E-state index contributed by atoms with van der Waals surface area (Å²) in [6.45, 7) is 1.87. The molecule has 1 atom stereocenters. The first-order valence-electron chi connectivity index (χ1n) is 5.26. The van der Waals surface area contributed by atoms with Crippen molar-refractivity contribution in [3.05, 3.63) is 59.0 Å². The predicted octanol–water partition coefficient (Wildman–Crippen LogP) is 3.42. The number of amides is 1. The van der Waals surface area contributed by atoms with Crippen molar-refractivity contribution in [1.82, 2.24) is 5.32 Å². The van der Waals surface area contributed by atoms with Crippen LogP contribution in [0.1, 0.15) is 29.1 Å². The fourth-order valence-corrected chi connectivity index (χ4v) is 1.62. The first kappa shape index (κ1) is 11.7. The van der Waals surface area contributed by atoms with Crippen LogP contribution in [0.3, 0.4) is 0 Å². The second-order valence-electron chi connectivity index (χ2n) is 3.72. The summed E-state index contributed by atoms with van der Waals surface area (Å²) in [6, 6.07) is 10.2. The van der Waals surface area contributed by atoms with E-state index in [1.165, 1.54) is 0 Å². The van der Waals surface area contributed by atoms with E-state index in [1.54, 1.807) is 36.6 Å². The van der Waals surface area contributed by atoms with Crippen LogP contribution in [0.2, 0.25) is 5.02 Å². The van der Waals surface area contributed by atoms with Gasteiger partial charge in [0, 0.05) is 10.6 Å². The van der Waals surface area contributed by atoms with Crippen molar-refractivity contribution >= 4 is 17.5 Å². The molecule has 0 aliphatic rings. The third-order valence-corrected chi connectivity index (χ3v) is 2.68. The van der Waals surface area contributed by atoms with Crippen molar-refractivity contribution in [2.75, 3.05) is 0 Å². The zero-order chi connectivity index (χ0) is 12.3. The highest BCUT2D eigenvalue weighted by atomic mass is 35.5. The fourth-order valence-electron chi connectivity index (χ4n) is 1.49. The minimum absolute atomic E-state index is 0.148. The molecule has 1 heterocycles. The summed E-state index contributed by atoms with van der Waals surface area (Å²) in [5.41, 5.74) is 0.577. The van der Waals surface area contributed by atoms with Crippen molar-refractivity contribution < 1.29 is 9.21 Å². The number of carbonyl (C=O) groups excluding carboxylic acids is 1. The summed E-state index contributed by atoms with van der Waals surface area (Å²) in [5.74, 6) is 0.581. The maximum Gasteiger partial charge on any atom is 0.251 e. The number of nitrogens with one attached hydrogen (secondary N) is 1. The van der Waals surface area contributed by atoms with Gasteiger partial charge in [0.25, 0.3) is 5.91 Å². The predicted molar refractivity (Wildman–Crippen MR) is 66.0 cm³/mol. The molecular weight excluding hydrogens is 238 g/mol. The van der Waals surface area contributed by atoms with Crippen molar-refractivity contribution in [2.45, 2.75) is 13.0 Å². The lowest BCUT2D eigenvalue weighted by molar-refractivity contribution is 0.0935. The first-order chi connectivity index (χ1) is 8.16. The van der Waals surface area contributed by atoms with Gasteiger partial charge in [-0.15, -0.1) is 0 Å². The van der Waals surface area contributed by atoms with Crippen LogP contribution in [0, 0.1) is 0 Å². The summed E-state index contributed by atoms with van der Waals surface area (Å²) < 4.78 is 5.22. The highest BCUT2D eigenvalue weighted by Gasteiger charge is 2.12. The Morgan fingerprint density at radius 3 is 2.59 bits per heavy atom. The Morgan fingerprint density at radius 1 is 1.29 bits per heavy atom. The van der Waals surface area contributed by atoms with Crippen LogP contribution < -0.4 is 5.32 Å². The summed E-state index contributed by atoms with van der Waals surface area (Å²) in [7, 11) is 0. The second kappa shape index (κ2) is 5.06. The van der Waals surface area contributed by atoms with E-state index < -0.39 is 0 Å². The van der Waals surface area contributed by atoms with Gasteiger partial charge in [0.2, 0.25) is 0 Å². The standard InChI is InChI=1S/C13H12ClNO2/c1-9(12-3-2-8-17-12)15-13(16)10-4-6-11(14)7-5-10/h2-9H,1H3,(H,15,16)/t9-/m0/s1. The van der Waals surface area contributed by atoms with Crippen LogP contribution in [0.25, 0.3) is 0 Å². The molecule has 2 aromatic rings. The summed E-state index contributed by atoms with van der Waals surface area (Å²) >= 11 is 5.76. The lowest BCUT2D eigenvalue weighted by atomic mass is 10.2. The van der Waals surface area contributed by atoms with Crippen LogP contribution in [-0.2, 0) is 0 Å². The van der Waals surface area contributed by atoms with Crippen LogP contribution in [0.15, 0.2) is 47.1 Å². The summed E-state index contributed by atoms with van der Waals surface area (Å²) in [6.07, 6.45) is 1.58. The Labute approximate surface area is 104 Å². The first-order valence-corrected chi connectivity index (χ1v) is 5.64. The summed E-state index contributed by atoms with van der Waals surface area (Å²) in [4.78, 5) is 11.9. The topological polar surface area (TPSA) is 42.2 Å². The number of hydrogen-bond donors (Lipinski definition) is 1. The minimum Gasteiger partial charge on any atom is -0.467 e. The largest absolute Gasteiger partial charge is 0.467 e. The highest BCUT2D eigenvalue weighted by molar-refractivity contribution is 6.30. The van der Waals surface area contributed by atoms with Crippen LogP contribution >= 0.6 is 11.6 Å². The molecule has 3 nitrogen and oxygen atoms in total. The maximum absolute atomic E-state index is 11.9. The van der Waals surface area contributed by atoms with Crippen molar-refractivity contribution in [3.8, 4) is 0 Å². The number of furan rings is 1. The van der Waals surface area contributed by atoms with E-state index in [0.717, 1.165) is 5.76 Å². The molecule has 0 radical (unpaired) electrons. The normalized spacial score (nSPS) is 12.1. The molecule has 4 heteroatoms. The number of hydrogen-bond acceptors (Lipinski definition) is 2. The third kappa shape index (κ3) is 2.88. The number of carbonyl (C=O) groups is 1. The van der Waals surface area contributed by atoms with Gasteiger partial charge in [-0.1, -0.05) is 11.6 Å². The van der Waals surface area contributed by atoms with E-state index in [0.29, 0.717) is 10.6 Å². The minimum atomic E-state index is -0.159. The van der Waals surface area contributed by atoms with Crippen LogP contribution in [-0.4, -0.2) is 5.91 Å². The van der Waals surface area contributed by atoms with Crippen LogP contribution in [0.4, 0.5) is 0 Å². The molecule has 2 rings (SSSR count). The second-order valence-corrected chi connectivity index (χ2v) is 4.15. The van der Waals surface area contributed by atoms with E-state index in [2.05, 4.69) is 5.32 Å². The maximum atomic E-state index is 11.9. The molecule has 0 aliphatic heterocycles. The molecule has 1 N–H and O–H groups in total. The monoisotopic (exact) mass is 249 g/mol. The molecule has 0 fully saturated rings. The van der Waals surface area contributed by atoms with E-state index in [1.807, 2.05) is 13.0 Å². The smallest absolute Gasteiger partial charge is 0.251 e. The Kier molecular flexibility index (Phi) is 3.49. The van der Waals surface area contributed by atoms with Gasteiger partial charge >= 0.3 is 0 Å². The lowest BCUT2D eigenvalue weighted by Gasteiger charge is -2.11. The van der Waals surface area contributed by atoms with Crippen molar-refractivity contribution in [1.29, 1.82) is 0 Å². The lowest BCUT2D eigenvalue weighted by Crippen LogP contribution is -2.26. The van der Waals surface area contributed by atoms with E-state index in [-0.39, 0.29) is 11.9 Å². The van der Waals surface area contributed by atoms with Gasteiger partial charge in [0.1, 0.15) is 5.76 Å².